The number of likely N-dealkylation sites (tertiary alicyclic amines) is 1. The zero-order chi connectivity index (χ0) is 27.8. The van der Waals surface area contributed by atoms with Gasteiger partial charge in [0.05, 0.1) is 16.0 Å². The van der Waals surface area contributed by atoms with Gasteiger partial charge in [-0.25, -0.2) is 9.97 Å². The van der Waals surface area contributed by atoms with Crippen LogP contribution in [0.1, 0.15) is 86.7 Å². The average molecular weight is 542 g/mol. The Morgan fingerprint density at radius 3 is 2.43 bits per heavy atom. The molecule has 0 aliphatic carbocycles. The molecule has 2 aromatic heterocycles. The summed E-state index contributed by atoms with van der Waals surface area (Å²) in [4.78, 5) is 36.2. The fourth-order valence-electron chi connectivity index (χ4n) is 4.00. The van der Waals surface area contributed by atoms with E-state index in [4.69, 9.17) is 0 Å². The van der Waals surface area contributed by atoms with Gasteiger partial charge in [0.2, 0.25) is 0 Å². The monoisotopic (exact) mass is 541 g/mol. The van der Waals surface area contributed by atoms with Crippen molar-refractivity contribution >= 4 is 29.0 Å². The molecule has 8 nitrogen and oxygen atoms in total. The lowest BCUT2D eigenvalue weighted by Crippen LogP contribution is -2.34. The smallest absolute Gasteiger partial charge is 0.390 e. The van der Waals surface area contributed by atoms with Crippen LogP contribution in [0.3, 0.4) is 0 Å². The number of pyridine rings is 1. The molecule has 2 amide bonds. The molecule has 3 N–H and O–H groups in total. The van der Waals surface area contributed by atoms with Gasteiger partial charge in [0, 0.05) is 36.4 Å². The molecule has 0 radical (unpaired) electrons. The Hall–Kier alpha value is -2.73. The summed E-state index contributed by atoms with van der Waals surface area (Å²) >= 11 is 0.723. The number of rotatable bonds is 7. The molecule has 2 aromatic rings. The molecular formula is C25H34F3N5O3S. The highest BCUT2D eigenvalue weighted by atomic mass is 32.1. The van der Waals surface area contributed by atoms with E-state index < -0.39 is 34.7 Å². The summed E-state index contributed by atoms with van der Waals surface area (Å²) in [6.45, 7) is 11.1. The van der Waals surface area contributed by atoms with E-state index in [2.05, 4.69) is 20.6 Å². The van der Waals surface area contributed by atoms with Crippen molar-refractivity contribution < 1.29 is 27.9 Å². The molecular weight excluding hydrogens is 507 g/mol. The number of carbonyl (C=O) groups excluding carboxylic acids is 2. The molecule has 37 heavy (non-hydrogen) atoms. The Labute approximate surface area is 218 Å². The SMILES string of the molecule is C[C@H]1CCCN1C(=O)c1nc(C(=O)NCCC(C)(C)O)sc1-c1cnc(NC(C)(C)C)cc1C(F)(F)F. The van der Waals surface area contributed by atoms with Gasteiger partial charge in [0.15, 0.2) is 5.01 Å². The highest BCUT2D eigenvalue weighted by Gasteiger charge is 2.38. The van der Waals surface area contributed by atoms with Crippen LogP contribution in [0.5, 0.6) is 0 Å². The minimum Gasteiger partial charge on any atom is -0.390 e. The molecule has 3 heterocycles. The summed E-state index contributed by atoms with van der Waals surface area (Å²) in [6.07, 6.45) is -1.85. The predicted molar refractivity (Wildman–Crippen MR) is 137 cm³/mol. The lowest BCUT2D eigenvalue weighted by molar-refractivity contribution is -0.137. The Balaban J connectivity index is 2.09. The molecule has 1 atom stereocenters. The van der Waals surface area contributed by atoms with Crippen molar-refractivity contribution in [3.63, 3.8) is 0 Å². The molecule has 204 valence electrons. The van der Waals surface area contributed by atoms with Crippen LogP contribution in [-0.4, -0.2) is 62.1 Å². The number of nitrogens with zero attached hydrogens (tertiary/aromatic N) is 3. The zero-order valence-corrected chi connectivity index (χ0v) is 22.7. The van der Waals surface area contributed by atoms with E-state index in [0.29, 0.717) is 6.54 Å². The second kappa shape index (κ2) is 10.6. The zero-order valence-electron chi connectivity index (χ0n) is 21.9. The van der Waals surface area contributed by atoms with Gasteiger partial charge in [-0.15, -0.1) is 11.3 Å². The van der Waals surface area contributed by atoms with Crippen LogP contribution in [-0.2, 0) is 6.18 Å². The molecule has 1 aliphatic rings. The van der Waals surface area contributed by atoms with Gasteiger partial charge in [-0.1, -0.05) is 0 Å². The Kier molecular flexibility index (Phi) is 8.23. The maximum atomic E-state index is 14.2. The van der Waals surface area contributed by atoms with Crippen molar-refractivity contribution in [2.75, 3.05) is 18.4 Å². The second-order valence-electron chi connectivity index (χ2n) is 11.0. The number of aliphatic hydroxyl groups is 1. The third-order valence-electron chi connectivity index (χ3n) is 5.82. The van der Waals surface area contributed by atoms with Crippen LogP contribution >= 0.6 is 11.3 Å². The predicted octanol–water partition coefficient (Wildman–Crippen LogP) is 4.95. The van der Waals surface area contributed by atoms with Crippen molar-refractivity contribution in [1.29, 1.82) is 0 Å². The first-order chi connectivity index (χ1) is 17.0. The van der Waals surface area contributed by atoms with Crippen LogP contribution in [0.2, 0.25) is 0 Å². The summed E-state index contributed by atoms with van der Waals surface area (Å²) in [7, 11) is 0. The van der Waals surface area contributed by atoms with E-state index >= 15 is 0 Å². The van der Waals surface area contributed by atoms with Crippen LogP contribution in [0, 0.1) is 0 Å². The number of thiazole rings is 1. The third kappa shape index (κ3) is 7.41. The maximum Gasteiger partial charge on any atom is 0.417 e. The standard InChI is InChI=1S/C25H34F3N5O3S/c1-14-8-7-11-33(14)22(35)18-19(37-21(31-18)20(34)29-10-9-24(5,6)36)15-13-30-17(32-23(2,3)4)12-16(15)25(26,27)28/h12-14,36H,7-11H2,1-6H3,(H,29,34)(H,30,32)/t14-/m0/s1. The van der Waals surface area contributed by atoms with Crippen molar-refractivity contribution in [2.24, 2.45) is 0 Å². The van der Waals surface area contributed by atoms with Gasteiger partial charge in [0.25, 0.3) is 11.8 Å². The summed E-state index contributed by atoms with van der Waals surface area (Å²) in [5.41, 5.74) is -3.02. The summed E-state index contributed by atoms with van der Waals surface area (Å²) in [5.74, 6) is -1.10. The summed E-state index contributed by atoms with van der Waals surface area (Å²) in [6, 6.07) is 0.820. The Bertz CT molecular complexity index is 1150. The van der Waals surface area contributed by atoms with E-state index in [9.17, 15) is 27.9 Å². The van der Waals surface area contributed by atoms with Crippen LogP contribution in [0.15, 0.2) is 12.3 Å². The molecule has 1 fully saturated rings. The molecule has 3 rings (SSSR count). The highest BCUT2D eigenvalue weighted by Crippen LogP contribution is 2.42. The normalized spacial score (nSPS) is 16.7. The first kappa shape index (κ1) is 28.8. The van der Waals surface area contributed by atoms with E-state index in [1.165, 1.54) is 0 Å². The number of amides is 2. The van der Waals surface area contributed by atoms with Crippen molar-refractivity contribution in [3.8, 4) is 10.4 Å². The topological polar surface area (TPSA) is 107 Å². The van der Waals surface area contributed by atoms with Crippen LogP contribution < -0.4 is 10.6 Å². The number of hydrogen-bond donors (Lipinski definition) is 3. The molecule has 0 spiro atoms. The van der Waals surface area contributed by atoms with E-state index in [1.807, 2.05) is 6.92 Å². The summed E-state index contributed by atoms with van der Waals surface area (Å²) in [5, 5.41) is 15.3. The number of alkyl halides is 3. The first-order valence-electron chi connectivity index (χ1n) is 12.1. The fourth-order valence-corrected chi connectivity index (χ4v) is 4.99. The molecule has 0 unspecified atom stereocenters. The molecule has 0 saturated carbocycles. The number of aromatic nitrogens is 2. The van der Waals surface area contributed by atoms with Crippen molar-refractivity contribution in [2.45, 2.75) is 84.2 Å². The van der Waals surface area contributed by atoms with Crippen LogP contribution in [0.25, 0.3) is 10.4 Å². The van der Waals surface area contributed by atoms with Gasteiger partial charge < -0.3 is 20.6 Å². The minimum absolute atomic E-state index is 0.0405. The first-order valence-corrected chi connectivity index (χ1v) is 13.0. The molecule has 12 heteroatoms. The van der Waals surface area contributed by atoms with Crippen molar-refractivity contribution in [3.05, 3.63) is 28.5 Å². The lowest BCUT2D eigenvalue weighted by Gasteiger charge is -2.23. The Morgan fingerprint density at radius 1 is 1.22 bits per heavy atom. The maximum absolute atomic E-state index is 14.2. The Morgan fingerprint density at radius 2 is 1.89 bits per heavy atom. The van der Waals surface area contributed by atoms with Gasteiger partial charge in [-0.3, -0.25) is 9.59 Å². The average Bonchev–Trinajstić information content (AvgIpc) is 3.37. The van der Waals surface area contributed by atoms with E-state index in [1.54, 1.807) is 39.5 Å². The number of nitrogens with one attached hydrogen (secondary N) is 2. The minimum atomic E-state index is -4.74. The molecule has 1 aliphatic heterocycles. The largest absolute Gasteiger partial charge is 0.417 e. The number of anilines is 1. The van der Waals surface area contributed by atoms with E-state index in [0.717, 1.165) is 36.4 Å². The van der Waals surface area contributed by atoms with Gasteiger partial charge >= 0.3 is 6.18 Å². The quantitative estimate of drug-likeness (QED) is 0.458. The third-order valence-corrected chi connectivity index (χ3v) is 6.90. The van der Waals surface area contributed by atoms with Gasteiger partial charge in [-0.05, 0) is 66.9 Å². The number of halogens is 3. The molecule has 0 bridgehead atoms. The van der Waals surface area contributed by atoms with Gasteiger partial charge in [0.1, 0.15) is 11.5 Å². The molecule has 1 saturated heterocycles. The molecule has 0 aromatic carbocycles. The number of carbonyl (C=O) groups is 2. The number of hydrogen-bond acceptors (Lipinski definition) is 7. The van der Waals surface area contributed by atoms with Crippen molar-refractivity contribution in [1.82, 2.24) is 20.2 Å². The highest BCUT2D eigenvalue weighted by molar-refractivity contribution is 7.17. The van der Waals surface area contributed by atoms with E-state index in [-0.39, 0.29) is 46.0 Å². The van der Waals surface area contributed by atoms with Gasteiger partial charge in [-0.2, -0.15) is 13.2 Å². The second-order valence-corrected chi connectivity index (χ2v) is 12.0. The summed E-state index contributed by atoms with van der Waals surface area (Å²) < 4.78 is 42.7. The fraction of sp³-hybridized carbons (Fsp3) is 0.600. The lowest BCUT2D eigenvalue weighted by atomic mass is 10.1. The van der Waals surface area contributed by atoms with Crippen LogP contribution in [0.4, 0.5) is 19.0 Å².